The Hall–Kier alpha value is -1.91. The van der Waals surface area contributed by atoms with Crippen LogP contribution in [0.3, 0.4) is 0 Å². The van der Waals surface area contributed by atoms with Crippen LogP contribution in [-0.2, 0) is 15.0 Å². The molecule has 0 atom stereocenters. The SMILES string of the molecule is CCOc1cc(N2CCOCC2)c(OCC)cc1N=NS(=O)(=O)O. The van der Waals surface area contributed by atoms with Crippen LogP contribution in [0.15, 0.2) is 21.8 Å². The van der Waals surface area contributed by atoms with Crippen molar-refractivity contribution < 1.29 is 27.2 Å². The molecule has 1 aromatic rings. The van der Waals surface area contributed by atoms with Crippen molar-refractivity contribution in [2.75, 3.05) is 44.4 Å². The topological polar surface area (TPSA) is 110 Å². The summed E-state index contributed by atoms with van der Waals surface area (Å²) >= 11 is 0. The standard InChI is InChI=1S/C14H21N3O6S/c1-3-22-13-10-12(17-5-7-21-8-6-17)14(23-4-2)9-11(13)15-16-24(18,19)20/h9-10H,3-8H2,1-2H3,(H,18,19,20). The molecule has 134 valence electrons. The van der Waals surface area contributed by atoms with Crippen molar-refractivity contribution in [1.29, 1.82) is 0 Å². The van der Waals surface area contributed by atoms with Crippen LogP contribution in [-0.4, -0.2) is 52.5 Å². The lowest BCUT2D eigenvalue weighted by molar-refractivity contribution is 0.122. The van der Waals surface area contributed by atoms with Crippen molar-refractivity contribution in [3.8, 4) is 11.5 Å². The first-order chi connectivity index (χ1) is 11.4. The third-order valence-electron chi connectivity index (χ3n) is 3.24. The highest BCUT2D eigenvalue weighted by molar-refractivity contribution is 7.84. The fourth-order valence-corrected chi connectivity index (χ4v) is 2.50. The van der Waals surface area contributed by atoms with Gasteiger partial charge in [-0.2, -0.15) is 8.42 Å². The van der Waals surface area contributed by atoms with Gasteiger partial charge in [-0.15, -0.1) is 5.11 Å². The summed E-state index contributed by atoms with van der Waals surface area (Å²) < 4.78 is 49.8. The first-order valence-corrected chi connectivity index (χ1v) is 9.01. The Labute approximate surface area is 141 Å². The molecular formula is C14H21N3O6S. The summed E-state index contributed by atoms with van der Waals surface area (Å²) in [6.45, 7) is 7.08. The number of morpholine rings is 1. The van der Waals surface area contributed by atoms with E-state index in [9.17, 15) is 8.42 Å². The lowest BCUT2D eigenvalue weighted by Gasteiger charge is -2.30. The van der Waals surface area contributed by atoms with Crippen LogP contribution >= 0.6 is 0 Å². The average Bonchev–Trinajstić information content (AvgIpc) is 2.55. The van der Waals surface area contributed by atoms with E-state index >= 15 is 0 Å². The number of hydrogen-bond acceptors (Lipinski definition) is 7. The van der Waals surface area contributed by atoms with Crippen molar-refractivity contribution in [3.63, 3.8) is 0 Å². The maximum absolute atomic E-state index is 10.8. The molecule has 1 aliphatic rings. The minimum Gasteiger partial charge on any atom is -0.492 e. The Kier molecular flexibility index (Phi) is 6.35. The quantitative estimate of drug-likeness (QED) is 0.587. The zero-order valence-corrected chi connectivity index (χ0v) is 14.5. The number of hydrogen-bond donors (Lipinski definition) is 1. The second kappa shape index (κ2) is 8.27. The Balaban J connectivity index is 2.46. The fourth-order valence-electron chi connectivity index (χ4n) is 2.31. The van der Waals surface area contributed by atoms with Crippen LogP contribution in [0.2, 0.25) is 0 Å². The summed E-state index contributed by atoms with van der Waals surface area (Å²) in [4.78, 5) is 2.10. The van der Waals surface area contributed by atoms with Crippen LogP contribution in [0.4, 0.5) is 11.4 Å². The highest BCUT2D eigenvalue weighted by Gasteiger charge is 2.19. The Morgan fingerprint density at radius 1 is 1.17 bits per heavy atom. The minimum atomic E-state index is -4.57. The molecule has 0 aliphatic carbocycles. The molecule has 0 unspecified atom stereocenters. The number of benzene rings is 1. The third-order valence-corrected chi connectivity index (χ3v) is 3.53. The molecule has 0 amide bonds. The van der Waals surface area contributed by atoms with Crippen LogP contribution in [0.1, 0.15) is 13.8 Å². The second-order valence-electron chi connectivity index (χ2n) is 4.88. The van der Waals surface area contributed by atoms with Gasteiger partial charge in [0, 0.05) is 25.2 Å². The molecule has 0 spiro atoms. The van der Waals surface area contributed by atoms with E-state index in [2.05, 4.69) is 14.5 Å². The highest BCUT2D eigenvalue weighted by Crippen LogP contribution is 2.41. The van der Waals surface area contributed by atoms with Gasteiger partial charge in [-0.1, -0.05) is 0 Å². The zero-order chi connectivity index (χ0) is 17.6. The molecular weight excluding hydrogens is 338 g/mol. The van der Waals surface area contributed by atoms with Gasteiger partial charge in [0.2, 0.25) is 0 Å². The molecule has 0 saturated carbocycles. The largest absolute Gasteiger partial charge is 0.492 e. The molecule has 0 aromatic heterocycles. The van der Waals surface area contributed by atoms with Crippen molar-refractivity contribution in [2.45, 2.75) is 13.8 Å². The van der Waals surface area contributed by atoms with Crippen LogP contribution in [0.5, 0.6) is 11.5 Å². The zero-order valence-electron chi connectivity index (χ0n) is 13.6. The first-order valence-electron chi connectivity index (χ1n) is 7.61. The number of rotatable bonds is 7. The number of nitrogens with zero attached hydrogens (tertiary/aromatic N) is 3. The summed E-state index contributed by atoms with van der Waals surface area (Å²) in [5, 5.41) is 3.56. The van der Waals surface area contributed by atoms with E-state index in [0.717, 1.165) is 5.69 Å². The molecule has 1 aliphatic heterocycles. The summed E-state index contributed by atoms with van der Waals surface area (Å²) in [5.41, 5.74) is 0.976. The Bertz CT molecular complexity index is 686. The van der Waals surface area contributed by atoms with Crippen LogP contribution in [0, 0.1) is 0 Å². The van der Waals surface area contributed by atoms with Crippen molar-refractivity contribution in [2.24, 2.45) is 9.63 Å². The molecule has 1 fully saturated rings. The first kappa shape index (κ1) is 18.4. The van der Waals surface area contributed by atoms with E-state index in [1.807, 2.05) is 6.92 Å². The summed E-state index contributed by atoms with van der Waals surface area (Å²) in [7, 11) is -4.57. The van der Waals surface area contributed by atoms with Gasteiger partial charge in [0.1, 0.15) is 17.2 Å². The normalized spacial score (nSPS) is 15.7. The number of ether oxygens (including phenoxy) is 3. The van der Waals surface area contributed by atoms with Crippen molar-refractivity contribution in [3.05, 3.63) is 12.1 Å². The predicted octanol–water partition coefficient (Wildman–Crippen LogP) is 2.21. The van der Waals surface area contributed by atoms with Crippen LogP contribution in [0.25, 0.3) is 0 Å². The predicted molar refractivity (Wildman–Crippen MR) is 87.9 cm³/mol. The van der Waals surface area contributed by atoms with Crippen molar-refractivity contribution >= 4 is 21.7 Å². The second-order valence-corrected chi connectivity index (χ2v) is 5.94. The Morgan fingerprint density at radius 3 is 2.38 bits per heavy atom. The smallest absolute Gasteiger partial charge is 0.396 e. The maximum Gasteiger partial charge on any atom is 0.396 e. The molecule has 10 heteroatoms. The van der Waals surface area contributed by atoms with E-state index in [1.165, 1.54) is 0 Å². The van der Waals surface area contributed by atoms with E-state index < -0.39 is 10.3 Å². The molecule has 1 heterocycles. The summed E-state index contributed by atoms with van der Waals surface area (Å²) in [6, 6.07) is 3.28. The van der Waals surface area contributed by atoms with Crippen molar-refractivity contribution in [1.82, 2.24) is 0 Å². The fraction of sp³-hybridized carbons (Fsp3) is 0.571. The molecule has 1 aromatic carbocycles. The van der Waals surface area contributed by atoms with Gasteiger partial charge in [0.25, 0.3) is 0 Å². The summed E-state index contributed by atoms with van der Waals surface area (Å²) in [5.74, 6) is 0.891. The van der Waals surface area contributed by atoms with Crippen LogP contribution < -0.4 is 14.4 Å². The van der Waals surface area contributed by atoms with E-state index in [1.54, 1.807) is 19.1 Å². The van der Waals surface area contributed by atoms with Gasteiger partial charge in [0.15, 0.2) is 0 Å². The molecule has 0 bridgehead atoms. The third kappa shape index (κ3) is 5.05. The molecule has 1 N–H and O–H groups in total. The minimum absolute atomic E-state index is 0.162. The molecule has 2 rings (SSSR count). The molecule has 1 saturated heterocycles. The van der Waals surface area contributed by atoms with Gasteiger partial charge in [0.05, 0.1) is 32.1 Å². The maximum atomic E-state index is 10.8. The van der Waals surface area contributed by atoms with Gasteiger partial charge in [-0.3, -0.25) is 4.55 Å². The number of anilines is 1. The van der Waals surface area contributed by atoms with E-state index in [4.69, 9.17) is 18.8 Å². The van der Waals surface area contributed by atoms with E-state index in [-0.39, 0.29) is 5.69 Å². The highest BCUT2D eigenvalue weighted by atomic mass is 32.2. The van der Waals surface area contributed by atoms with E-state index in [0.29, 0.717) is 51.0 Å². The van der Waals surface area contributed by atoms with Gasteiger partial charge >= 0.3 is 10.3 Å². The summed E-state index contributed by atoms with van der Waals surface area (Å²) in [6.07, 6.45) is 0. The average molecular weight is 359 g/mol. The molecule has 0 radical (unpaired) electrons. The lowest BCUT2D eigenvalue weighted by atomic mass is 10.2. The monoisotopic (exact) mass is 359 g/mol. The van der Waals surface area contributed by atoms with Gasteiger partial charge in [-0.05, 0) is 18.4 Å². The Morgan fingerprint density at radius 2 is 1.79 bits per heavy atom. The molecule has 24 heavy (non-hydrogen) atoms. The van der Waals surface area contributed by atoms with Gasteiger partial charge < -0.3 is 19.1 Å². The van der Waals surface area contributed by atoms with Gasteiger partial charge in [-0.25, -0.2) is 0 Å². The lowest BCUT2D eigenvalue weighted by Crippen LogP contribution is -2.36. The molecule has 9 nitrogen and oxygen atoms in total.